The Morgan fingerprint density at radius 3 is 2.16 bits per heavy atom. The van der Waals surface area contributed by atoms with E-state index in [1.807, 2.05) is 0 Å². The number of carbonyl (C=O) groups excluding carboxylic acids is 3. The van der Waals surface area contributed by atoms with Gasteiger partial charge >= 0.3 is 11.9 Å². The molecule has 0 fully saturated rings. The summed E-state index contributed by atoms with van der Waals surface area (Å²) in [5, 5.41) is 2.60. The van der Waals surface area contributed by atoms with Gasteiger partial charge in [0.1, 0.15) is 0 Å². The highest BCUT2D eigenvalue weighted by Gasteiger charge is 2.50. The number of carbonyl (C=O) groups is 3. The number of esters is 2. The Bertz CT molecular complexity index is 632. The van der Waals surface area contributed by atoms with Crippen molar-refractivity contribution in [1.82, 2.24) is 10.3 Å². The minimum absolute atomic E-state index is 0.0242. The van der Waals surface area contributed by atoms with Gasteiger partial charge in [-0.2, -0.15) is 0 Å². The highest BCUT2D eigenvalue weighted by atomic mass is 35.5. The Morgan fingerprint density at radius 2 is 1.76 bits per heavy atom. The summed E-state index contributed by atoms with van der Waals surface area (Å²) in [6.45, 7) is 4.41. The van der Waals surface area contributed by atoms with Gasteiger partial charge in [0.2, 0.25) is 11.4 Å². The molecule has 1 aromatic heterocycles. The van der Waals surface area contributed by atoms with Crippen LogP contribution < -0.4 is 10.1 Å². The summed E-state index contributed by atoms with van der Waals surface area (Å²) in [6, 6.07) is 1.44. The molecule has 0 atom stereocenters. The van der Waals surface area contributed by atoms with Crippen molar-refractivity contribution >= 4 is 29.4 Å². The predicted octanol–water partition coefficient (Wildman–Crippen LogP) is 1.29. The zero-order valence-corrected chi connectivity index (χ0v) is 15.3. The number of nitrogens with one attached hydrogen (secondary N) is 1. The Kier molecular flexibility index (Phi) is 7.63. The summed E-state index contributed by atoms with van der Waals surface area (Å²) < 4.78 is 15.0. The molecule has 0 aliphatic carbocycles. The second kappa shape index (κ2) is 9.22. The monoisotopic (exact) mass is 372 g/mol. The first-order valence-electron chi connectivity index (χ1n) is 7.62. The molecule has 0 unspecified atom stereocenters. The van der Waals surface area contributed by atoms with E-state index in [2.05, 4.69) is 10.3 Å². The molecule has 8 nitrogen and oxygen atoms in total. The van der Waals surface area contributed by atoms with E-state index in [1.165, 1.54) is 26.3 Å². The van der Waals surface area contributed by atoms with Crippen LogP contribution in [0.15, 0.2) is 12.3 Å². The zero-order valence-electron chi connectivity index (χ0n) is 14.6. The number of aromatic nitrogens is 1. The van der Waals surface area contributed by atoms with Crippen molar-refractivity contribution in [3.63, 3.8) is 0 Å². The van der Waals surface area contributed by atoms with Gasteiger partial charge in [-0.15, -0.1) is 0 Å². The molecule has 0 saturated carbocycles. The molecule has 0 saturated heterocycles. The van der Waals surface area contributed by atoms with Gasteiger partial charge in [-0.25, -0.2) is 9.59 Å². The van der Waals surface area contributed by atoms with E-state index >= 15 is 0 Å². The van der Waals surface area contributed by atoms with Crippen LogP contribution >= 0.6 is 11.6 Å². The summed E-state index contributed by atoms with van der Waals surface area (Å²) in [5.74, 6) is -2.13. The first kappa shape index (κ1) is 20.7. The van der Waals surface area contributed by atoms with Crippen LogP contribution in [0.4, 0.5) is 0 Å². The maximum atomic E-state index is 12.5. The van der Waals surface area contributed by atoms with Crippen LogP contribution in [0.5, 0.6) is 5.75 Å². The number of ether oxygens (including phenoxy) is 3. The number of halogens is 1. The molecule has 0 aliphatic rings. The van der Waals surface area contributed by atoms with Crippen molar-refractivity contribution in [3.8, 4) is 5.75 Å². The average molecular weight is 373 g/mol. The van der Waals surface area contributed by atoms with Gasteiger partial charge in [0.25, 0.3) is 0 Å². The number of nitrogens with zero attached hydrogens (tertiary/aromatic N) is 1. The fraction of sp³-hybridized carbons (Fsp3) is 0.500. The average Bonchev–Trinajstić information content (AvgIpc) is 2.54. The number of amides is 1. The van der Waals surface area contributed by atoms with E-state index < -0.39 is 23.4 Å². The molecule has 9 heteroatoms. The van der Waals surface area contributed by atoms with Gasteiger partial charge in [-0.3, -0.25) is 9.78 Å². The Labute approximate surface area is 150 Å². The van der Waals surface area contributed by atoms with Crippen molar-refractivity contribution in [2.45, 2.75) is 32.7 Å². The largest absolute Gasteiger partial charge is 0.494 e. The number of hydrogen-bond donors (Lipinski definition) is 1. The molecule has 0 bridgehead atoms. The highest BCUT2D eigenvalue weighted by Crippen LogP contribution is 2.26. The first-order chi connectivity index (χ1) is 11.8. The van der Waals surface area contributed by atoms with Crippen LogP contribution in [0.25, 0.3) is 0 Å². The third-order valence-electron chi connectivity index (χ3n) is 3.18. The minimum atomic E-state index is -2.05. The highest BCUT2D eigenvalue weighted by molar-refractivity contribution is 6.32. The van der Waals surface area contributed by atoms with Gasteiger partial charge in [-0.05, 0) is 19.9 Å². The molecule has 0 aliphatic heterocycles. The lowest BCUT2D eigenvalue weighted by atomic mass is 9.92. The molecular formula is C16H21ClN2O6. The number of methoxy groups -OCH3 is 1. The Balaban J connectivity index is 3.36. The molecule has 1 rings (SSSR count). The van der Waals surface area contributed by atoms with E-state index in [-0.39, 0.29) is 30.4 Å². The van der Waals surface area contributed by atoms with Crippen molar-refractivity contribution in [3.05, 3.63) is 23.0 Å². The quantitative estimate of drug-likeness (QED) is 0.541. The summed E-state index contributed by atoms with van der Waals surface area (Å²) in [5.41, 5.74) is -1.77. The van der Waals surface area contributed by atoms with E-state index in [0.29, 0.717) is 5.75 Å². The number of hydrogen-bond acceptors (Lipinski definition) is 7. The fourth-order valence-electron chi connectivity index (χ4n) is 2.16. The van der Waals surface area contributed by atoms with Crippen LogP contribution in [-0.2, 0) is 30.3 Å². The number of rotatable bonds is 8. The standard InChI is InChI=1S/C16H21ClN2O6/c1-5-24-14(21)16(19-10(3)20,15(22)25-6-2)8-11-7-12(17)13(23-4)9-18-11/h7,9H,5-6,8H2,1-4H3,(H,19,20). The van der Waals surface area contributed by atoms with Crippen LogP contribution in [0.3, 0.4) is 0 Å². The van der Waals surface area contributed by atoms with Crippen LogP contribution in [0.2, 0.25) is 5.02 Å². The van der Waals surface area contributed by atoms with Gasteiger partial charge in [0.15, 0.2) is 5.75 Å². The number of pyridine rings is 1. The van der Waals surface area contributed by atoms with E-state index in [4.69, 9.17) is 25.8 Å². The third kappa shape index (κ3) is 5.06. The molecule has 1 N–H and O–H groups in total. The van der Waals surface area contributed by atoms with E-state index in [9.17, 15) is 14.4 Å². The van der Waals surface area contributed by atoms with Crippen LogP contribution in [0.1, 0.15) is 26.5 Å². The van der Waals surface area contributed by atoms with Gasteiger partial charge in [0.05, 0.1) is 31.5 Å². The van der Waals surface area contributed by atoms with Gasteiger partial charge in [-0.1, -0.05) is 11.6 Å². The lowest BCUT2D eigenvalue weighted by Gasteiger charge is -2.29. The third-order valence-corrected chi connectivity index (χ3v) is 3.48. The topological polar surface area (TPSA) is 104 Å². The lowest BCUT2D eigenvalue weighted by Crippen LogP contribution is -2.62. The van der Waals surface area contributed by atoms with Crippen molar-refractivity contribution in [1.29, 1.82) is 0 Å². The van der Waals surface area contributed by atoms with Crippen molar-refractivity contribution in [2.24, 2.45) is 0 Å². The smallest absolute Gasteiger partial charge is 0.344 e. The molecule has 0 radical (unpaired) electrons. The second-order valence-electron chi connectivity index (χ2n) is 5.01. The Morgan fingerprint density at radius 1 is 1.20 bits per heavy atom. The SMILES string of the molecule is CCOC(=O)C(Cc1cc(Cl)c(OC)cn1)(NC(C)=O)C(=O)OCC. The minimum Gasteiger partial charge on any atom is -0.494 e. The fourth-order valence-corrected chi connectivity index (χ4v) is 2.41. The molecule has 1 aromatic rings. The Hall–Kier alpha value is -2.35. The molecule has 25 heavy (non-hydrogen) atoms. The van der Waals surface area contributed by atoms with Crippen LogP contribution in [0, 0.1) is 0 Å². The normalized spacial score (nSPS) is 10.8. The van der Waals surface area contributed by atoms with Crippen molar-refractivity contribution < 1.29 is 28.6 Å². The second-order valence-corrected chi connectivity index (χ2v) is 5.42. The molecule has 138 valence electrons. The van der Waals surface area contributed by atoms with E-state index in [1.54, 1.807) is 13.8 Å². The molecule has 0 spiro atoms. The van der Waals surface area contributed by atoms with Crippen molar-refractivity contribution in [2.75, 3.05) is 20.3 Å². The summed E-state index contributed by atoms with van der Waals surface area (Å²) >= 11 is 6.06. The maximum Gasteiger partial charge on any atom is 0.344 e. The molecular weight excluding hydrogens is 352 g/mol. The maximum absolute atomic E-state index is 12.5. The summed E-state index contributed by atoms with van der Waals surface area (Å²) in [6.07, 6.45) is 1.07. The summed E-state index contributed by atoms with van der Waals surface area (Å²) in [4.78, 5) is 40.8. The van der Waals surface area contributed by atoms with E-state index in [0.717, 1.165) is 0 Å². The molecule has 0 aromatic carbocycles. The zero-order chi connectivity index (χ0) is 19.0. The molecule has 1 amide bonds. The van der Waals surface area contributed by atoms with Crippen LogP contribution in [-0.4, -0.2) is 48.7 Å². The lowest BCUT2D eigenvalue weighted by molar-refractivity contribution is -0.168. The first-order valence-corrected chi connectivity index (χ1v) is 8.00. The van der Waals surface area contributed by atoms with Gasteiger partial charge < -0.3 is 19.5 Å². The molecule has 1 heterocycles. The predicted molar refractivity (Wildman–Crippen MR) is 89.3 cm³/mol. The van der Waals surface area contributed by atoms with Gasteiger partial charge in [0, 0.05) is 19.0 Å². The summed E-state index contributed by atoms with van der Waals surface area (Å²) in [7, 11) is 1.43.